The van der Waals surface area contributed by atoms with Crippen LogP contribution in [0, 0.1) is 6.92 Å². The van der Waals surface area contributed by atoms with Crippen LogP contribution in [0.3, 0.4) is 0 Å². The Bertz CT molecular complexity index is 838. The molecule has 0 aliphatic carbocycles. The lowest BCUT2D eigenvalue weighted by molar-refractivity contribution is 0.0580. The molecule has 0 saturated carbocycles. The van der Waals surface area contributed by atoms with Crippen molar-refractivity contribution < 1.29 is 13.9 Å². The van der Waals surface area contributed by atoms with E-state index in [4.69, 9.17) is 19.6 Å². The molecule has 0 fully saturated rings. The number of benzene rings is 2. The first kappa shape index (κ1) is 20.1. The van der Waals surface area contributed by atoms with Crippen LogP contribution in [0.15, 0.2) is 59.0 Å². The van der Waals surface area contributed by atoms with E-state index >= 15 is 0 Å². The number of hydrogen-bond acceptors (Lipinski definition) is 5. The van der Waals surface area contributed by atoms with Crippen LogP contribution in [0.1, 0.15) is 36.5 Å². The van der Waals surface area contributed by atoms with E-state index < -0.39 is 0 Å². The highest BCUT2D eigenvalue weighted by Gasteiger charge is 2.12. The summed E-state index contributed by atoms with van der Waals surface area (Å²) in [5.74, 6) is 2.31. The van der Waals surface area contributed by atoms with Crippen LogP contribution < -0.4 is 10.5 Å². The third-order valence-corrected chi connectivity index (χ3v) is 4.57. The molecule has 0 aliphatic heterocycles. The fourth-order valence-electron chi connectivity index (χ4n) is 3.11. The maximum Gasteiger partial charge on any atom is 0.226 e. The highest BCUT2D eigenvalue weighted by Crippen LogP contribution is 2.24. The Morgan fingerprint density at radius 1 is 1.07 bits per heavy atom. The van der Waals surface area contributed by atoms with Crippen LogP contribution in [0.2, 0.25) is 0 Å². The number of ether oxygens (including phenoxy) is 2. The van der Waals surface area contributed by atoms with Crippen molar-refractivity contribution in [2.45, 2.75) is 32.8 Å². The first-order valence-corrected chi connectivity index (χ1v) is 9.77. The minimum Gasteiger partial charge on any atom is -0.493 e. The third kappa shape index (κ3) is 5.21. The molecule has 148 valence electrons. The molecule has 3 aromatic rings. The molecule has 1 unspecified atom stereocenters. The lowest BCUT2D eigenvalue weighted by Gasteiger charge is -2.17. The predicted molar refractivity (Wildman–Crippen MR) is 110 cm³/mol. The summed E-state index contributed by atoms with van der Waals surface area (Å²) in [7, 11) is 0. The summed E-state index contributed by atoms with van der Waals surface area (Å²) >= 11 is 0. The Kier molecular flexibility index (Phi) is 7.23. The van der Waals surface area contributed by atoms with Crippen LogP contribution >= 0.6 is 0 Å². The van der Waals surface area contributed by atoms with E-state index in [2.05, 4.69) is 4.98 Å². The van der Waals surface area contributed by atoms with E-state index in [1.54, 1.807) is 0 Å². The van der Waals surface area contributed by atoms with Crippen molar-refractivity contribution in [2.24, 2.45) is 5.73 Å². The molecule has 5 heteroatoms. The number of rotatable bonds is 10. The van der Waals surface area contributed by atoms with Gasteiger partial charge >= 0.3 is 0 Å². The molecule has 0 amide bonds. The van der Waals surface area contributed by atoms with Crippen molar-refractivity contribution in [1.29, 1.82) is 0 Å². The van der Waals surface area contributed by atoms with Gasteiger partial charge in [-0.3, -0.25) is 0 Å². The molecule has 2 aromatic carbocycles. The zero-order valence-corrected chi connectivity index (χ0v) is 16.6. The van der Waals surface area contributed by atoms with Gasteiger partial charge in [0, 0.05) is 18.6 Å². The molecule has 0 bridgehead atoms. The molecule has 0 aliphatic rings. The Morgan fingerprint density at radius 3 is 2.50 bits per heavy atom. The number of aryl methyl sites for hydroxylation is 1. The van der Waals surface area contributed by atoms with Gasteiger partial charge in [0.1, 0.15) is 11.5 Å². The number of oxazole rings is 1. The highest BCUT2D eigenvalue weighted by atomic mass is 16.5. The van der Waals surface area contributed by atoms with Gasteiger partial charge in [-0.05, 0) is 56.6 Å². The van der Waals surface area contributed by atoms with E-state index in [9.17, 15) is 0 Å². The van der Waals surface area contributed by atoms with Crippen LogP contribution in [0.5, 0.6) is 5.75 Å². The normalized spacial score (nSPS) is 12.1. The summed E-state index contributed by atoms with van der Waals surface area (Å²) in [5, 5.41) is 0. The summed E-state index contributed by atoms with van der Waals surface area (Å²) in [5.41, 5.74) is 8.71. The van der Waals surface area contributed by atoms with Gasteiger partial charge in [-0.1, -0.05) is 30.3 Å². The molecule has 5 nitrogen and oxygen atoms in total. The molecule has 3 rings (SSSR count). The zero-order chi connectivity index (χ0) is 19.8. The van der Waals surface area contributed by atoms with Crippen LogP contribution in [-0.4, -0.2) is 24.7 Å². The van der Waals surface area contributed by atoms with Crippen LogP contribution in [0.4, 0.5) is 0 Å². The van der Waals surface area contributed by atoms with E-state index in [1.807, 2.05) is 68.4 Å². The van der Waals surface area contributed by atoms with E-state index in [0.29, 0.717) is 32.1 Å². The third-order valence-electron chi connectivity index (χ3n) is 4.57. The SMILES string of the molecule is CCOC(CCN)c1ccc(OCCc2nc(-c3ccccc3)oc2C)cc1. The summed E-state index contributed by atoms with van der Waals surface area (Å²) < 4.78 is 17.4. The number of nitrogens with zero attached hydrogens (tertiary/aromatic N) is 1. The van der Waals surface area contributed by atoms with Crippen molar-refractivity contribution in [3.63, 3.8) is 0 Å². The van der Waals surface area contributed by atoms with Gasteiger partial charge in [-0.15, -0.1) is 0 Å². The lowest BCUT2D eigenvalue weighted by Crippen LogP contribution is -2.10. The number of hydrogen-bond donors (Lipinski definition) is 1. The minimum absolute atomic E-state index is 0.0400. The fourth-order valence-corrected chi connectivity index (χ4v) is 3.11. The molecule has 0 saturated heterocycles. The Balaban J connectivity index is 1.56. The molecule has 1 atom stereocenters. The van der Waals surface area contributed by atoms with Crippen LogP contribution in [0.25, 0.3) is 11.5 Å². The smallest absolute Gasteiger partial charge is 0.226 e. The summed E-state index contributed by atoms with van der Waals surface area (Å²) in [6, 6.07) is 18.0. The Labute approximate surface area is 166 Å². The van der Waals surface area contributed by atoms with Gasteiger partial charge in [-0.2, -0.15) is 0 Å². The lowest BCUT2D eigenvalue weighted by atomic mass is 10.1. The number of aromatic nitrogens is 1. The summed E-state index contributed by atoms with van der Waals surface area (Å²) in [4.78, 5) is 4.61. The molecular weight excluding hydrogens is 352 g/mol. The standard InChI is InChI=1S/C23H28N2O3/c1-3-26-22(13-15-24)18-9-11-20(12-10-18)27-16-14-21-17(2)28-23(25-21)19-7-5-4-6-8-19/h4-12,22H,3,13-16,24H2,1-2H3. The molecule has 1 aromatic heterocycles. The molecular formula is C23H28N2O3. The van der Waals surface area contributed by atoms with Crippen molar-refractivity contribution in [1.82, 2.24) is 4.98 Å². The monoisotopic (exact) mass is 380 g/mol. The van der Waals surface area contributed by atoms with E-state index in [0.717, 1.165) is 34.8 Å². The van der Waals surface area contributed by atoms with Gasteiger partial charge in [0.2, 0.25) is 5.89 Å². The van der Waals surface area contributed by atoms with E-state index in [1.165, 1.54) is 0 Å². The van der Waals surface area contributed by atoms with Gasteiger partial charge in [0.05, 0.1) is 18.4 Å². The molecule has 0 radical (unpaired) electrons. The highest BCUT2D eigenvalue weighted by molar-refractivity contribution is 5.53. The average Bonchev–Trinajstić information content (AvgIpc) is 3.10. The van der Waals surface area contributed by atoms with Crippen molar-refractivity contribution in [3.05, 3.63) is 71.6 Å². The predicted octanol–water partition coefficient (Wildman–Crippen LogP) is 4.70. The molecule has 1 heterocycles. The second-order valence-electron chi connectivity index (χ2n) is 6.58. The van der Waals surface area contributed by atoms with Gasteiger partial charge in [0.15, 0.2) is 0 Å². The second-order valence-corrected chi connectivity index (χ2v) is 6.58. The molecule has 0 spiro atoms. The fraction of sp³-hybridized carbons (Fsp3) is 0.348. The van der Waals surface area contributed by atoms with Gasteiger partial charge in [0.25, 0.3) is 0 Å². The van der Waals surface area contributed by atoms with Crippen molar-refractivity contribution >= 4 is 0 Å². The van der Waals surface area contributed by atoms with Crippen molar-refractivity contribution in [2.75, 3.05) is 19.8 Å². The van der Waals surface area contributed by atoms with Crippen LogP contribution in [-0.2, 0) is 11.2 Å². The zero-order valence-electron chi connectivity index (χ0n) is 16.6. The van der Waals surface area contributed by atoms with Gasteiger partial charge in [-0.25, -0.2) is 4.98 Å². The Hall–Kier alpha value is -2.63. The van der Waals surface area contributed by atoms with Crippen molar-refractivity contribution in [3.8, 4) is 17.2 Å². The maximum atomic E-state index is 5.89. The molecule has 2 N–H and O–H groups in total. The number of nitrogens with two attached hydrogens (primary N) is 1. The first-order chi connectivity index (χ1) is 13.7. The first-order valence-electron chi connectivity index (χ1n) is 9.77. The quantitative estimate of drug-likeness (QED) is 0.552. The van der Waals surface area contributed by atoms with E-state index in [-0.39, 0.29) is 6.10 Å². The maximum absolute atomic E-state index is 5.89. The Morgan fingerprint density at radius 2 is 1.82 bits per heavy atom. The molecule has 28 heavy (non-hydrogen) atoms. The van der Waals surface area contributed by atoms with Gasteiger partial charge < -0.3 is 19.6 Å². The largest absolute Gasteiger partial charge is 0.493 e. The topological polar surface area (TPSA) is 70.5 Å². The average molecular weight is 380 g/mol. The summed E-state index contributed by atoms with van der Waals surface area (Å²) in [6.45, 7) is 5.75. The second kappa shape index (κ2) is 10.1. The minimum atomic E-state index is 0.0400. The summed E-state index contributed by atoms with van der Waals surface area (Å²) in [6.07, 6.45) is 1.54.